The summed E-state index contributed by atoms with van der Waals surface area (Å²) in [7, 11) is 0. The summed E-state index contributed by atoms with van der Waals surface area (Å²) in [6.45, 7) is 0. The lowest BCUT2D eigenvalue weighted by Crippen LogP contribution is -1.80. The van der Waals surface area contributed by atoms with E-state index in [-0.39, 0.29) is 5.82 Å². The van der Waals surface area contributed by atoms with E-state index in [1.165, 1.54) is 12.3 Å². The number of nitrogens with zero attached hydrogens (tertiary/aromatic N) is 2. The van der Waals surface area contributed by atoms with Crippen molar-refractivity contribution in [2.24, 2.45) is 0 Å². The van der Waals surface area contributed by atoms with Crippen LogP contribution in [0.25, 0.3) is 11.0 Å². The van der Waals surface area contributed by atoms with Gasteiger partial charge in [-0.25, -0.2) is 9.37 Å². The van der Waals surface area contributed by atoms with Crippen LogP contribution in [0.2, 0.25) is 0 Å². The molecule has 0 amide bonds. The third kappa shape index (κ3) is 0.991. The van der Waals surface area contributed by atoms with Gasteiger partial charge in [0.25, 0.3) is 0 Å². The molecule has 11 heavy (non-hydrogen) atoms. The minimum Gasteiger partial charge on any atom is -0.269 e. The number of halogens is 2. The Balaban J connectivity index is 2.96. The van der Waals surface area contributed by atoms with Crippen LogP contribution in [0, 0.1) is 9.52 Å². The molecule has 5 heteroatoms. The first kappa shape index (κ1) is 6.96. The van der Waals surface area contributed by atoms with Crippen LogP contribution < -0.4 is 0 Å². The van der Waals surface area contributed by atoms with Crippen molar-refractivity contribution in [3.05, 3.63) is 21.8 Å². The second-order valence-corrected chi connectivity index (χ2v) is 3.11. The zero-order chi connectivity index (χ0) is 7.84. The fraction of sp³-hybridized carbons (Fsp3) is 0. The van der Waals surface area contributed by atoms with E-state index in [4.69, 9.17) is 0 Å². The van der Waals surface area contributed by atoms with E-state index in [1.54, 1.807) is 0 Å². The Morgan fingerprint density at radius 1 is 1.55 bits per heavy atom. The number of hydrogen-bond donors (Lipinski definition) is 1. The molecule has 0 saturated heterocycles. The van der Waals surface area contributed by atoms with Crippen molar-refractivity contribution < 1.29 is 4.39 Å². The highest BCUT2D eigenvalue weighted by Gasteiger charge is 2.07. The molecule has 56 valence electrons. The van der Waals surface area contributed by atoms with Gasteiger partial charge in [0.05, 0.1) is 5.39 Å². The molecule has 0 aliphatic rings. The summed E-state index contributed by atoms with van der Waals surface area (Å²) in [5.41, 5.74) is 0.425. The molecule has 0 aromatic carbocycles. The second kappa shape index (κ2) is 2.40. The molecule has 2 aromatic rings. The second-order valence-electron chi connectivity index (χ2n) is 2.03. The van der Waals surface area contributed by atoms with Gasteiger partial charge in [-0.2, -0.15) is 5.10 Å². The SMILES string of the molecule is Fc1ccnc2n[nH]c(I)c12. The maximum absolute atomic E-state index is 13.0. The van der Waals surface area contributed by atoms with E-state index in [2.05, 4.69) is 15.2 Å². The number of H-pyrrole nitrogens is 1. The van der Waals surface area contributed by atoms with Crippen molar-refractivity contribution in [2.75, 3.05) is 0 Å². The van der Waals surface area contributed by atoms with E-state index in [1.807, 2.05) is 22.6 Å². The number of nitrogens with one attached hydrogen (secondary N) is 1. The summed E-state index contributed by atoms with van der Waals surface area (Å²) in [6, 6.07) is 1.32. The van der Waals surface area contributed by atoms with Gasteiger partial charge < -0.3 is 0 Å². The summed E-state index contributed by atoms with van der Waals surface area (Å²) in [5, 5.41) is 6.91. The molecular weight excluding hydrogens is 260 g/mol. The molecule has 0 saturated carbocycles. The molecular formula is C6H3FIN3. The molecule has 2 heterocycles. The average molecular weight is 263 g/mol. The molecule has 0 atom stereocenters. The van der Waals surface area contributed by atoms with Gasteiger partial charge in [0.1, 0.15) is 9.52 Å². The maximum Gasteiger partial charge on any atom is 0.184 e. The van der Waals surface area contributed by atoms with Gasteiger partial charge in [-0.15, -0.1) is 0 Å². The van der Waals surface area contributed by atoms with E-state index in [0.29, 0.717) is 14.7 Å². The van der Waals surface area contributed by atoms with E-state index >= 15 is 0 Å². The van der Waals surface area contributed by atoms with Gasteiger partial charge in [0, 0.05) is 6.20 Å². The Kier molecular flexibility index (Phi) is 1.52. The lowest BCUT2D eigenvalue weighted by molar-refractivity contribution is 0.638. The largest absolute Gasteiger partial charge is 0.269 e. The topological polar surface area (TPSA) is 41.6 Å². The molecule has 0 radical (unpaired) electrons. The Hall–Kier alpha value is -0.720. The van der Waals surface area contributed by atoms with E-state index < -0.39 is 0 Å². The van der Waals surface area contributed by atoms with Crippen molar-refractivity contribution >= 4 is 33.6 Å². The van der Waals surface area contributed by atoms with Crippen LogP contribution in [0.3, 0.4) is 0 Å². The molecule has 0 unspecified atom stereocenters. The van der Waals surface area contributed by atoms with Crippen molar-refractivity contribution in [1.82, 2.24) is 15.2 Å². The summed E-state index contributed by atoms with van der Waals surface area (Å²) in [5.74, 6) is -0.284. The Morgan fingerprint density at radius 2 is 2.36 bits per heavy atom. The Labute approximate surface area is 75.2 Å². The van der Waals surface area contributed by atoms with Gasteiger partial charge in [-0.05, 0) is 28.7 Å². The van der Waals surface area contributed by atoms with Crippen LogP contribution in [0.4, 0.5) is 4.39 Å². The quantitative estimate of drug-likeness (QED) is 0.735. The van der Waals surface area contributed by atoms with Crippen LogP contribution in [0.5, 0.6) is 0 Å². The van der Waals surface area contributed by atoms with Crippen LogP contribution >= 0.6 is 22.6 Å². The van der Waals surface area contributed by atoms with Crippen molar-refractivity contribution in [2.45, 2.75) is 0 Å². The van der Waals surface area contributed by atoms with Gasteiger partial charge in [0.15, 0.2) is 5.65 Å². The van der Waals surface area contributed by atoms with E-state index in [0.717, 1.165) is 0 Å². The van der Waals surface area contributed by atoms with Gasteiger partial charge in [-0.3, -0.25) is 5.10 Å². The van der Waals surface area contributed by atoms with Gasteiger partial charge in [0.2, 0.25) is 0 Å². The summed E-state index contributed by atoms with van der Waals surface area (Å²) < 4.78 is 13.7. The highest BCUT2D eigenvalue weighted by atomic mass is 127. The molecule has 1 N–H and O–H groups in total. The summed E-state index contributed by atoms with van der Waals surface area (Å²) in [6.07, 6.45) is 1.40. The summed E-state index contributed by atoms with van der Waals surface area (Å²) >= 11 is 1.98. The van der Waals surface area contributed by atoms with Crippen LogP contribution in [-0.4, -0.2) is 15.2 Å². The lowest BCUT2D eigenvalue weighted by Gasteiger charge is -1.88. The Morgan fingerprint density at radius 3 is 3.09 bits per heavy atom. The van der Waals surface area contributed by atoms with Gasteiger partial charge >= 0.3 is 0 Å². The number of aromatic amines is 1. The number of aromatic nitrogens is 3. The van der Waals surface area contributed by atoms with Crippen LogP contribution in [0.1, 0.15) is 0 Å². The molecule has 2 rings (SSSR count). The number of hydrogen-bond acceptors (Lipinski definition) is 2. The molecule has 0 aliphatic carbocycles. The predicted octanol–water partition coefficient (Wildman–Crippen LogP) is 1.70. The zero-order valence-electron chi connectivity index (χ0n) is 5.31. The highest BCUT2D eigenvalue weighted by molar-refractivity contribution is 14.1. The average Bonchev–Trinajstić information content (AvgIpc) is 2.34. The molecule has 0 bridgehead atoms. The van der Waals surface area contributed by atoms with Crippen molar-refractivity contribution in [3.63, 3.8) is 0 Å². The lowest BCUT2D eigenvalue weighted by atomic mass is 10.3. The highest BCUT2D eigenvalue weighted by Crippen LogP contribution is 2.18. The Bertz CT molecular complexity index is 398. The minimum atomic E-state index is -0.284. The first-order valence-corrected chi connectivity index (χ1v) is 4.01. The number of fused-ring (bicyclic) bond motifs is 1. The molecule has 0 aliphatic heterocycles. The smallest absolute Gasteiger partial charge is 0.184 e. The first-order valence-electron chi connectivity index (χ1n) is 2.93. The fourth-order valence-electron chi connectivity index (χ4n) is 0.874. The molecule has 0 spiro atoms. The van der Waals surface area contributed by atoms with Gasteiger partial charge in [-0.1, -0.05) is 0 Å². The first-order chi connectivity index (χ1) is 5.29. The monoisotopic (exact) mass is 263 g/mol. The van der Waals surface area contributed by atoms with Crippen LogP contribution in [-0.2, 0) is 0 Å². The molecule has 2 aromatic heterocycles. The third-order valence-corrected chi connectivity index (χ3v) is 2.14. The van der Waals surface area contributed by atoms with Crippen molar-refractivity contribution in [3.8, 4) is 0 Å². The zero-order valence-corrected chi connectivity index (χ0v) is 7.46. The standard InChI is InChI=1S/C6H3FIN3/c7-3-1-2-9-6-4(3)5(8)10-11-6/h1-2H,(H,9,10,11). The minimum absolute atomic E-state index is 0.284. The van der Waals surface area contributed by atoms with Crippen molar-refractivity contribution in [1.29, 1.82) is 0 Å². The number of rotatable bonds is 0. The third-order valence-electron chi connectivity index (χ3n) is 1.36. The molecule has 3 nitrogen and oxygen atoms in total. The van der Waals surface area contributed by atoms with E-state index in [9.17, 15) is 4.39 Å². The summed E-state index contributed by atoms with van der Waals surface area (Å²) in [4.78, 5) is 3.88. The fourth-order valence-corrected chi connectivity index (χ4v) is 1.49. The number of pyridine rings is 1. The molecule has 0 fully saturated rings. The predicted molar refractivity (Wildman–Crippen MR) is 46.6 cm³/mol. The maximum atomic E-state index is 13.0. The normalized spacial score (nSPS) is 10.7. The van der Waals surface area contributed by atoms with Crippen LogP contribution in [0.15, 0.2) is 12.3 Å².